The molecule has 2 unspecified atom stereocenters. The van der Waals surface area contributed by atoms with E-state index in [2.05, 4.69) is 10.6 Å². The fourth-order valence-electron chi connectivity index (χ4n) is 3.82. The van der Waals surface area contributed by atoms with Crippen LogP contribution in [0.3, 0.4) is 0 Å². The Morgan fingerprint density at radius 3 is 2.45 bits per heavy atom. The Kier molecular flexibility index (Phi) is 5.58. The zero-order chi connectivity index (χ0) is 20.3. The number of carbonyl (C=O) groups excluding carboxylic acids is 3. The van der Waals surface area contributed by atoms with E-state index in [4.69, 9.17) is 0 Å². The van der Waals surface area contributed by atoms with Crippen molar-refractivity contribution in [2.45, 2.75) is 24.4 Å². The highest BCUT2D eigenvalue weighted by Gasteiger charge is 2.53. The summed E-state index contributed by atoms with van der Waals surface area (Å²) >= 11 is 1.64. The zero-order valence-corrected chi connectivity index (χ0v) is 16.8. The smallest absolute Gasteiger partial charge is 0.325 e. The zero-order valence-electron chi connectivity index (χ0n) is 16.0. The summed E-state index contributed by atoms with van der Waals surface area (Å²) in [5.74, 6) is 0.762. The summed E-state index contributed by atoms with van der Waals surface area (Å²) in [6, 6.07) is 18.9. The Morgan fingerprint density at radius 1 is 1.10 bits per heavy atom. The Labute approximate surface area is 174 Å². The van der Waals surface area contributed by atoms with Crippen molar-refractivity contribution in [3.63, 3.8) is 0 Å². The summed E-state index contributed by atoms with van der Waals surface area (Å²) in [5.41, 5.74) is 1.24. The molecular formula is C22H23N3O3S. The van der Waals surface area contributed by atoms with Gasteiger partial charge in [0.2, 0.25) is 5.91 Å². The van der Waals surface area contributed by atoms with Gasteiger partial charge in [-0.1, -0.05) is 60.7 Å². The lowest BCUT2D eigenvalue weighted by molar-refractivity contribution is -0.134. The number of amides is 4. The molecule has 2 aliphatic heterocycles. The molecule has 6 nitrogen and oxygen atoms in total. The molecule has 0 radical (unpaired) electrons. The van der Waals surface area contributed by atoms with Crippen molar-refractivity contribution in [3.05, 3.63) is 71.8 Å². The molecule has 29 heavy (non-hydrogen) atoms. The SMILES string of the molecule is O=C(CN1C(=O)NC2(CCSC2)C1=O)NC(Cc1ccccc1)c1ccccc1. The maximum absolute atomic E-state index is 12.8. The summed E-state index contributed by atoms with van der Waals surface area (Å²) < 4.78 is 0. The van der Waals surface area contributed by atoms with E-state index in [1.54, 1.807) is 11.8 Å². The lowest BCUT2D eigenvalue weighted by atomic mass is 9.98. The van der Waals surface area contributed by atoms with Gasteiger partial charge in [-0.2, -0.15) is 11.8 Å². The number of carbonyl (C=O) groups is 3. The number of urea groups is 1. The van der Waals surface area contributed by atoms with Crippen LogP contribution in [0, 0.1) is 0 Å². The van der Waals surface area contributed by atoms with E-state index in [9.17, 15) is 14.4 Å². The van der Waals surface area contributed by atoms with Crippen LogP contribution in [0.25, 0.3) is 0 Å². The van der Waals surface area contributed by atoms with Gasteiger partial charge in [-0.15, -0.1) is 0 Å². The third-order valence-corrected chi connectivity index (χ3v) is 6.58. The van der Waals surface area contributed by atoms with Gasteiger partial charge in [0.05, 0.1) is 6.04 Å². The highest BCUT2D eigenvalue weighted by Crippen LogP contribution is 2.33. The van der Waals surface area contributed by atoms with Crippen LogP contribution in [-0.4, -0.2) is 46.3 Å². The van der Waals surface area contributed by atoms with Crippen molar-refractivity contribution in [2.24, 2.45) is 0 Å². The van der Waals surface area contributed by atoms with Gasteiger partial charge in [-0.3, -0.25) is 14.5 Å². The average molecular weight is 410 g/mol. The number of imide groups is 1. The Bertz CT molecular complexity index is 898. The van der Waals surface area contributed by atoms with Crippen molar-refractivity contribution in [1.82, 2.24) is 15.5 Å². The molecule has 150 valence electrons. The minimum Gasteiger partial charge on any atom is -0.347 e. The van der Waals surface area contributed by atoms with E-state index in [1.807, 2.05) is 60.7 Å². The van der Waals surface area contributed by atoms with Crippen LogP contribution in [0.1, 0.15) is 23.6 Å². The first-order chi connectivity index (χ1) is 14.1. The second kappa shape index (κ2) is 8.29. The van der Waals surface area contributed by atoms with Crippen molar-refractivity contribution < 1.29 is 14.4 Å². The Balaban J connectivity index is 1.47. The van der Waals surface area contributed by atoms with E-state index in [1.165, 1.54) is 0 Å². The molecule has 0 aliphatic carbocycles. The van der Waals surface area contributed by atoms with Crippen molar-refractivity contribution >= 4 is 29.6 Å². The number of hydrogen-bond acceptors (Lipinski definition) is 4. The molecule has 1 spiro atoms. The average Bonchev–Trinajstić information content (AvgIpc) is 3.30. The number of thioether (sulfide) groups is 1. The molecule has 7 heteroatoms. The number of benzene rings is 2. The van der Waals surface area contributed by atoms with Gasteiger partial charge in [0.1, 0.15) is 12.1 Å². The van der Waals surface area contributed by atoms with Crippen molar-refractivity contribution in [2.75, 3.05) is 18.1 Å². The molecule has 2 atom stereocenters. The summed E-state index contributed by atoms with van der Waals surface area (Å²) in [7, 11) is 0. The molecule has 2 aromatic rings. The minimum atomic E-state index is -0.828. The lowest BCUT2D eigenvalue weighted by Gasteiger charge is -2.22. The topological polar surface area (TPSA) is 78.5 Å². The largest absolute Gasteiger partial charge is 0.347 e. The molecule has 2 aliphatic rings. The van der Waals surface area contributed by atoms with Gasteiger partial charge < -0.3 is 10.6 Å². The van der Waals surface area contributed by atoms with E-state index < -0.39 is 11.6 Å². The first-order valence-electron chi connectivity index (χ1n) is 9.67. The summed E-state index contributed by atoms with van der Waals surface area (Å²) in [5, 5.41) is 5.81. The molecule has 2 aromatic carbocycles. The van der Waals surface area contributed by atoms with E-state index >= 15 is 0 Å². The van der Waals surface area contributed by atoms with Crippen molar-refractivity contribution in [3.8, 4) is 0 Å². The molecule has 2 saturated heterocycles. The molecule has 4 amide bonds. The van der Waals surface area contributed by atoms with E-state index in [0.29, 0.717) is 18.6 Å². The summed E-state index contributed by atoms with van der Waals surface area (Å²) in [6.45, 7) is -0.269. The van der Waals surface area contributed by atoms with Crippen LogP contribution in [0.15, 0.2) is 60.7 Å². The van der Waals surface area contributed by atoms with Crippen LogP contribution in [-0.2, 0) is 16.0 Å². The second-order valence-corrected chi connectivity index (χ2v) is 8.53. The Hall–Kier alpha value is -2.80. The first-order valence-corrected chi connectivity index (χ1v) is 10.8. The molecule has 0 bridgehead atoms. The number of nitrogens with one attached hydrogen (secondary N) is 2. The lowest BCUT2D eigenvalue weighted by Crippen LogP contribution is -2.48. The monoisotopic (exact) mass is 409 g/mol. The van der Waals surface area contributed by atoms with E-state index in [0.717, 1.165) is 21.8 Å². The molecule has 2 N–H and O–H groups in total. The van der Waals surface area contributed by atoms with Gasteiger partial charge in [-0.25, -0.2) is 4.79 Å². The van der Waals surface area contributed by atoms with Crippen LogP contribution in [0.4, 0.5) is 4.79 Å². The normalized spacial score (nSPS) is 22.0. The predicted octanol–water partition coefficient (Wildman–Crippen LogP) is 2.51. The first kappa shape index (κ1) is 19.5. The fraction of sp³-hybridized carbons (Fsp3) is 0.318. The summed E-state index contributed by atoms with van der Waals surface area (Å²) in [4.78, 5) is 38.9. The summed E-state index contributed by atoms with van der Waals surface area (Å²) in [6.07, 6.45) is 1.23. The molecule has 0 aromatic heterocycles. The number of hydrogen-bond donors (Lipinski definition) is 2. The van der Waals surface area contributed by atoms with Gasteiger partial charge in [0.15, 0.2) is 0 Å². The second-order valence-electron chi connectivity index (χ2n) is 7.43. The minimum absolute atomic E-state index is 0.247. The standard InChI is InChI=1S/C22H23N3O3S/c26-19(14-25-20(27)22(24-21(25)28)11-12-29-15-22)23-18(17-9-5-2-6-10-17)13-16-7-3-1-4-8-16/h1-10,18H,11-15H2,(H,23,26)(H,24,28). The van der Waals surface area contributed by atoms with Gasteiger partial charge in [-0.05, 0) is 29.7 Å². The van der Waals surface area contributed by atoms with Crippen LogP contribution in [0.2, 0.25) is 0 Å². The van der Waals surface area contributed by atoms with Crippen LogP contribution >= 0.6 is 11.8 Å². The van der Waals surface area contributed by atoms with Gasteiger partial charge in [0.25, 0.3) is 5.91 Å². The number of rotatable bonds is 6. The van der Waals surface area contributed by atoms with Crippen LogP contribution in [0.5, 0.6) is 0 Å². The fourth-order valence-corrected chi connectivity index (χ4v) is 5.15. The third-order valence-electron chi connectivity index (χ3n) is 5.39. The molecule has 4 rings (SSSR count). The molecule has 2 heterocycles. The highest BCUT2D eigenvalue weighted by atomic mass is 32.2. The van der Waals surface area contributed by atoms with E-state index in [-0.39, 0.29) is 24.4 Å². The van der Waals surface area contributed by atoms with Gasteiger partial charge >= 0.3 is 6.03 Å². The molecule has 2 fully saturated rings. The maximum Gasteiger partial charge on any atom is 0.325 e. The predicted molar refractivity (Wildman–Crippen MR) is 112 cm³/mol. The Morgan fingerprint density at radius 2 is 1.79 bits per heavy atom. The third kappa shape index (κ3) is 4.15. The molecule has 0 saturated carbocycles. The maximum atomic E-state index is 12.8. The van der Waals surface area contributed by atoms with Crippen molar-refractivity contribution in [1.29, 1.82) is 0 Å². The highest BCUT2D eigenvalue weighted by molar-refractivity contribution is 7.99. The number of nitrogens with zero attached hydrogens (tertiary/aromatic N) is 1. The van der Waals surface area contributed by atoms with Gasteiger partial charge in [0, 0.05) is 5.75 Å². The van der Waals surface area contributed by atoms with Crippen LogP contribution < -0.4 is 10.6 Å². The molecular weight excluding hydrogens is 386 g/mol. The quantitative estimate of drug-likeness (QED) is 0.719.